The van der Waals surface area contributed by atoms with Crippen LogP contribution >= 0.6 is 0 Å². The third kappa shape index (κ3) is 1.69. The summed E-state index contributed by atoms with van der Waals surface area (Å²) in [5, 5.41) is 9.28. The molecule has 1 N–H and O–H groups in total. The number of phenols is 1. The number of hydrogen-bond acceptors (Lipinski definition) is 1. The van der Waals surface area contributed by atoms with Gasteiger partial charge in [-0.25, -0.2) is 0 Å². The van der Waals surface area contributed by atoms with E-state index < -0.39 is 0 Å². The normalized spacial score (nSPS) is 17.9. The lowest BCUT2D eigenvalue weighted by atomic mass is 9.93. The summed E-state index contributed by atoms with van der Waals surface area (Å²) in [4.78, 5) is 0. The zero-order chi connectivity index (χ0) is 9.26. The van der Waals surface area contributed by atoms with E-state index in [-0.39, 0.29) is 0 Å². The molecule has 1 aromatic carbocycles. The SMILES string of the molecule is Cc1cc(O)ccc1C1CCCC1. The van der Waals surface area contributed by atoms with E-state index in [1.807, 2.05) is 6.07 Å². The predicted molar refractivity (Wildman–Crippen MR) is 54.1 cm³/mol. The summed E-state index contributed by atoms with van der Waals surface area (Å²) in [5.41, 5.74) is 2.68. The van der Waals surface area contributed by atoms with Gasteiger partial charge in [0.05, 0.1) is 0 Å². The summed E-state index contributed by atoms with van der Waals surface area (Å²) >= 11 is 0. The van der Waals surface area contributed by atoms with Crippen LogP contribution in [-0.2, 0) is 0 Å². The molecule has 13 heavy (non-hydrogen) atoms. The van der Waals surface area contributed by atoms with Crippen molar-refractivity contribution in [2.45, 2.75) is 38.5 Å². The number of phenolic OH excluding ortho intramolecular Hbond substituents is 1. The summed E-state index contributed by atoms with van der Waals surface area (Å²) in [6.07, 6.45) is 5.38. The smallest absolute Gasteiger partial charge is 0.115 e. The highest BCUT2D eigenvalue weighted by atomic mass is 16.3. The van der Waals surface area contributed by atoms with E-state index in [1.54, 1.807) is 6.07 Å². The quantitative estimate of drug-likeness (QED) is 0.695. The van der Waals surface area contributed by atoms with Crippen molar-refractivity contribution in [3.05, 3.63) is 29.3 Å². The predicted octanol–water partition coefficient (Wildman–Crippen LogP) is 3.36. The molecule has 1 saturated carbocycles. The maximum Gasteiger partial charge on any atom is 0.115 e. The monoisotopic (exact) mass is 176 g/mol. The van der Waals surface area contributed by atoms with Crippen molar-refractivity contribution in [3.8, 4) is 5.75 Å². The largest absolute Gasteiger partial charge is 0.508 e. The minimum Gasteiger partial charge on any atom is -0.508 e. The summed E-state index contributed by atoms with van der Waals surface area (Å²) in [5.74, 6) is 1.14. The second-order valence-electron chi connectivity index (χ2n) is 4.02. The van der Waals surface area contributed by atoms with Gasteiger partial charge in [-0.1, -0.05) is 18.9 Å². The third-order valence-electron chi connectivity index (χ3n) is 3.05. The number of rotatable bonds is 1. The van der Waals surface area contributed by atoms with Gasteiger partial charge in [-0.05, 0) is 48.9 Å². The van der Waals surface area contributed by atoms with E-state index in [4.69, 9.17) is 0 Å². The average Bonchev–Trinajstić information content (AvgIpc) is 2.56. The zero-order valence-electron chi connectivity index (χ0n) is 8.09. The van der Waals surface area contributed by atoms with Gasteiger partial charge in [0.2, 0.25) is 0 Å². The summed E-state index contributed by atoms with van der Waals surface area (Å²) in [6.45, 7) is 2.09. The molecule has 0 heterocycles. The highest BCUT2D eigenvalue weighted by Crippen LogP contribution is 2.36. The molecular weight excluding hydrogens is 160 g/mol. The molecule has 0 unspecified atom stereocenters. The standard InChI is InChI=1S/C12H16O/c1-9-8-11(13)6-7-12(9)10-4-2-3-5-10/h6-8,10,13H,2-5H2,1H3. The Kier molecular flexibility index (Phi) is 2.26. The lowest BCUT2D eigenvalue weighted by molar-refractivity contribution is 0.474. The van der Waals surface area contributed by atoms with Crippen LogP contribution in [0.2, 0.25) is 0 Å². The lowest BCUT2D eigenvalue weighted by Crippen LogP contribution is -1.94. The number of aryl methyl sites for hydroxylation is 1. The molecule has 0 radical (unpaired) electrons. The van der Waals surface area contributed by atoms with Crippen LogP contribution in [0, 0.1) is 6.92 Å². The number of hydrogen-bond donors (Lipinski definition) is 1. The van der Waals surface area contributed by atoms with Crippen molar-refractivity contribution in [1.82, 2.24) is 0 Å². The Morgan fingerprint density at radius 2 is 1.92 bits per heavy atom. The minimum atomic E-state index is 0.388. The van der Waals surface area contributed by atoms with Crippen molar-refractivity contribution in [3.63, 3.8) is 0 Å². The Morgan fingerprint density at radius 3 is 2.54 bits per heavy atom. The van der Waals surface area contributed by atoms with E-state index in [0.29, 0.717) is 5.75 Å². The van der Waals surface area contributed by atoms with Gasteiger partial charge in [0.1, 0.15) is 5.75 Å². The molecule has 1 nitrogen and oxygen atoms in total. The second kappa shape index (κ2) is 3.41. The molecule has 0 spiro atoms. The van der Waals surface area contributed by atoms with Crippen molar-refractivity contribution in [1.29, 1.82) is 0 Å². The Hall–Kier alpha value is -0.980. The van der Waals surface area contributed by atoms with E-state index in [0.717, 1.165) is 5.92 Å². The van der Waals surface area contributed by atoms with Crippen LogP contribution in [0.1, 0.15) is 42.7 Å². The molecule has 1 aliphatic carbocycles. The molecule has 0 amide bonds. The van der Waals surface area contributed by atoms with Crippen LogP contribution in [0.25, 0.3) is 0 Å². The topological polar surface area (TPSA) is 20.2 Å². The summed E-state index contributed by atoms with van der Waals surface area (Å²) < 4.78 is 0. The molecule has 0 aromatic heterocycles. The molecule has 1 aliphatic rings. The molecule has 2 rings (SSSR count). The lowest BCUT2D eigenvalue weighted by Gasteiger charge is -2.12. The second-order valence-corrected chi connectivity index (χ2v) is 4.02. The maximum absolute atomic E-state index is 9.28. The van der Waals surface area contributed by atoms with Gasteiger partial charge in [-0.3, -0.25) is 0 Å². The zero-order valence-corrected chi connectivity index (χ0v) is 8.09. The third-order valence-corrected chi connectivity index (χ3v) is 3.05. The van der Waals surface area contributed by atoms with E-state index >= 15 is 0 Å². The molecule has 0 saturated heterocycles. The maximum atomic E-state index is 9.28. The molecular formula is C12H16O. The summed E-state index contributed by atoms with van der Waals surface area (Å²) in [6, 6.07) is 5.76. The number of aromatic hydroxyl groups is 1. The molecule has 0 aliphatic heterocycles. The molecule has 1 fully saturated rings. The molecule has 0 atom stereocenters. The first-order valence-electron chi connectivity index (χ1n) is 5.07. The molecule has 1 heteroatoms. The fourth-order valence-corrected chi connectivity index (χ4v) is 2.35. The van der Waals surface area contributed by atoms with Crippen LogP contribution in [-0.4, -0.2) is 5.11 Å². The fourth-order valence-electron chi connectivity index (χ4n) is 2.35. The van der Waals surface area contributed by atoms with Crippen molar-refractivity contribution in [2.24, 2.45) is 0 Å². The Balaban J connectivity index is 2.29. The summed E-state index contributed by atoms with van der Waals surface area (Å²) in [7, 11) is 0. The van der Waals surface area contributed by atoms with E-state index in [2.05, 4.69) is 13.0 Å². The molecule has 0 bridgehead atoms. The van der Waals surface area contributed by atoms with Crippen molar-refractivity contribution >= 4 is 0 Å². The van der Waals surface area contributed by atoms with Gasteiger partial charge in [-0.2, -0.15) is 0 Å². The van der Waals surface area contributed by atoms with E-state index in [9.17, 15) is 5.11 Å². The average molecular weight is 176 g/mol. The number of benzene rings is 1. The van der Waals surface area contributed by atoms with Gasteiger partial charge in [0, 0.05) is 0 Å². The van der Waals surface area contributed by atoms with Gasteiger partial charge >= 0.3 is 0 Å². The van der Waals surface area contributed by atoms with Gasteiger partial charge in [-0.15, -0.1) is 0 Å². The van der Waals surface area contributed by atoms with E-state index in [1.165, 1.54) is 36.8 Å². The minimum absolute atomic E-state index is 0.388. The highest BCUT2D eigenvalue weighted by molar-refractivity contribution is 5.36. The van der Waals surface area contributed by atoms with Crippen LogP contribution in [0.3, 0.4) is 0 Å². The molecule has 70 valence electrons. The fraction of sp³-hybridized carbons (Fsp3) is 0.500. The van der Waals surface area contributed by atoms with Crippen LogP contribution < -0.4 is 0 Å². The molecule has 1 aromatic rings. The van der Waals surface area contributed by atoms with Crippen LogP contribution in [0.15, 0.2) is 18.2 Å². The van der Waals surface area contributed by atoms with Gasteiger partial charge in [0.25, 0.3) is 0 Å². The van der Waals surface area contributed by atoms with Gasteiger partial charge < -0.3 is 5.11 Å². The Labute approximate surface area is 79.4 Å². The Bertz CT molecular complexity index is 298. The van der Waals surface area contributed by atoms with Crippen LogP contribution in [0.4, 0.5) is 0 Å². The first-order valence-corrected chi connectivity index (χ1v) is 5.07. The van der Waals surface area contributed by atoms with Crippen molar-refractivity contribution < 1.29 is 5.11 Å². The first-order chi connectivity index (χ1) is 6.27. The Morgan fingerprint density at radius 1 is 1.23 bits per heavy atom. The first kappa shape index (κ1) is 8.61. The highest BCUT2D eigenvalue weighted by Gasteiger charge is 2.18. The van der Waals surface area contributed by atoms with Gasteiger partial charge in [0.15, 0.2) is 0 Å². The van der Waals surface area contributed by atoms with Crippen LogP contribution in [0.5, 0.6) is 5.75 Å². The van der Waals surface area contributed by atoms with Crippen molar-refractivity contribution in [2.75, 3.05) is 0 Å².